The number of carbonyl (C=O) groups is 2. The number of para-hydroxylation sites is 1. The average Bonchev–Trinajstić information content (AvgIpc) is 2.56. The van der Waals surface area contributed by atoms with Crippen molar-refractivity contribution < 1.29 is 22.7 Å². The van der Waals surface area contributed by atoms with E-state index < -0.39 is 22.1 Å². The minimum Gasteiger partial charge on any atom is -0.465 e. The number of rotatable bonds is 2. The van der Waals surface area contributed by atoms with Crippen LogP contribution in [0.3, 0.4) is 0 Å². The van der Waals surface area contributed by atoms with E-state index in [0.717, 1.165) is 4.31 Å². The highest BCUT2D eigenvalue weighted by molar-refractivity contribution is 7.95. The monoisotopic (exact) mass is 360 g/mol. The van der Waals surface area contributed by atoms with E-state index in [1.165, 1.54) is 25.3 Å². The Hall–Kier alpha value is -2.87. The van der Waals surface area contributed by atoms with Crippen molar-refractivity contribution >= 4 is 33.5 Å². The molecule has 1 aliphatic rings. The van der Waals surface area contributed by atoms with Crippen LogP contribution in [0.4, 0.5) is 11.4 Å². The first-order valence-electron chi connectivity index (χ1n) is 7.42. The fourth-order valence-electron chi connectivity index (χ4n) is 2.81. The number of amides is 1. The summed E-state index contributed by atoms with van der Waals surface area (Å²) in [6.07, 6.45) is 0. The highest BCUT2D eigenvalue weighted by atomic mass is 32.2. The Morgan fingerprint density at radius 2 is 1.76 bits per heavy atom. The van der Waals surface area contributed by atoms with E-state index in [1.54, 1.807) is 32.0 Å². The summed E-state index contributed by atoms with van der Waals surface area (Å²) in [4.78, 5) is 24.7. The van der Waals surface area contributed by atoms with E-state index in [2.05, 4.69) is 9.46 Å². The fraction of sp³-hybridized carbons (Fsp3) is 0.176. The van der Waals surface area contributed by atoms with Crippen molar-refractivity contribution in [1.29, 1.82) is 0 Å². The first kappa shape index (κ1) is 17.0. The van der Waals surface area contributed by atoms with E-state index in [1.807, 2.05) is 0 Å². The molecule has 3 rings (SSSR count). The van der Waals surface area contributed by atoms with Crippen LogP contribution < -0.4 is 9.03 Å². The minimum atomic E-state index is -4.11. The lowest BCUT2D eigenvalue weighted by Crippen LogP contribution is -2.45. The number of nitrogens with zero attached hydrogens (tertiary/aromatic N) is 1. The van der Waals surface area contributed by atoms with Gasteiger partial charge in [0.2, 0.25) is 0 Å². The number of nitrogens with one attached hydrogen (secondary N) is 1. The second-order valence-corrected chi connectivity index (χ2v) is 7.19. The molecule has 0 saturated carbocycles. The Morgan fingerprint density at radius 3 is 2.36 bits per heavy atom. The lowest BCUT2D eigenvalue weighted by Gasteiger charge is -2.31. The summed E-state index contributed by atoms with van der Waals surface area (Å²) in [5.74, 6) is -1.33. The van der Waals surface area contributed by atoms with Crippen LogP contribution in [0.5, 0.6) is 0 Å². The Balaban J connectivity index is 2.21. The topological polar surface area (TPSA) is 92.8 Å². The van der Waals surface area contributed by atoms with Crippen LogP contribution in [0.2, 0.25) is 0 Å². The Morgan fingerprint density at radius 1 is 1.12 bits per heavy atom. The zero-order chi connectivity index (χ0) is 18.4. The first-order chi connectivity index (χ1) is 11.8. The highest BCUT2D eigenvalue weighted by Gasteiger charge is 2.38. The third-order valence-corrected chi connectivity index (χ3v) is 5.28. The molecule has 2 aromatic carbocycles. The van der Waals surface area contributed by atoms with Crippen molar-refractivity contribution in [3.63, 3.8) is 0 Å². The van der Waals surface area contributed by atoms with Gasteiger partial charge in [-0.05, 0) is 43.2 Å². The zero-order valence-corrected chi connectivity index (χ0v) is 14.7. The zero-order valence-electron chi connectivity index (χ0n) is 13.9. The number of hydrogen-bond acceptors (Lipinski definition) is 5. The third kappa shape index (κ3) is 2.74. The van der Waals surface area contributed by atoms with Crippen molar-refractivity contribution in [3.05, 3.63) is 58.7 Å². The number of anilines is 2. The van der Waals surface area contributed by atoms with Gasteiger partial charge in [-0.15, -0.1) is 0 Å². The van der Waals surface area contributed by atoms with Gasteiger partial charge in [0.1, 0.15) is 0 Å². The minimum absolute atomic E-state index is 0.0837. The van der Waals surface area contributed by atoms with Gasteiger partial charge in [0.15, 0.2) is 0 Å². The number of fused-ring (bicyclic) bond motifs is 1. The standard InChI is InChI=1S/C17H16N2O5S/c1-10-5-4-6-11(2)15(10)19-16(20)13-9-12(17(21)24-3)7-8-14(13)18-25(19,22)23/h4-9,18H,1-3H3. The second-order valence-electron chi connectivity index (χ2n) is 5.67. The number of hydrogen-bond donors (Lipinski definition) is 1. The van der Waals surface area contributed by atoms with Crippen LogP contribution in [0, 0.1) is 13.8 Å². The first-order valence-corrected chi connectivity index (χ1v) is 8.86. The van der Waals surface area contributed by atoms with Crippen molar-refractivity contribution in [3.8, 4) is 0 Å². The van der Waals surface area contributed by atoms with Crippen molar-refractivity contribution in [2.75, 3.05) is 16.1 Å². The molecule has 25 heavy (non-hydrogen) atoms. The van der Waals surface area contributed by atoms with Crippen molar-refractivity contribution in [1.82, 2.24) is 0 Å². The van der Waals surface area contributed by atoms with Crippen LogP contribution in [0.15, 0.2) is 36.4 Å². The van der Waals surface area contributed by atoms with Gasteiger partial charge in [0, 0.05) is 0 Å². The number of ether oxygens (including phenoxy) is 1. The molecule has 0 aliphatic carbocycles. The highest BCUT2D eigenvalue weighted by Crippen LogP contribution is 2.34. The van der Waals surface area contributed by atoms with Gasteiger partial charge in [-0.1, -0.05) is 18.2 Å². The summed E-state index contributed by atoms with van der Waals surface area (Å²) in [6, 6.07) is 9.34. The lowest BCUT2D eigenvalue weighted by molar-refractivity contribution is 0.0600. The van der Waals surface area contributed by atoms with Crippen LogP contribution >= 0.6 is 0 Å². The van der Waals surface area contributed by atoms with Gasteiger partial charge in [0.25, 0.3) is 5.91 Å². The Bertz CT molecular complexity index is 978. The Kier molecular flexibility index (Phi) is 4.00. The van der Waals surface area contributed by atoms with Gasteiger partial charge in [-0.3, -0.25) is 9.52 Å². The summed E-state index contributed by atoms with van der Waals surface area (Å²) in [5, 5.41) is 0. The van der Waals surface area contributed by atoms with Crippen molar-refractivity contribution in [2.45, 2.75) is 13.8 Å². The number of benzene rings is 2. The lowest BCUT2D eigenvalue weighted by atomic mass is 10.1. The third-order valence-electron chi connectivity index (χ3n) is 3.98. The second kappa shape index (κ2) is 5.89. The van der Waals surface area contributed by atoms with E-state index in [0.29, 0.717) is 16.8 Å². The fourth-order valence-corrected chi connectivity index (χ4v) is 4.20. The van der Waals surface area contributed by atoms with Gasteiger partial charge in [-0.2, -0.15) is 12.7 Å². The molecule has 0 saturated heterocycles. The van der Waals surface area contributed by atoms with E-state index in [4.69, 9.17) is 0 Å². The van der Waals surface area contributed by atoms with Gasteiger partial charge in [-0.25, -0.2) is 4.79 Å². The summed E-state index contributed by atoms with van der Waals surface area (Å²) >= 11 is 0. The maximum Gasteiger partial charge on any atom is 0.337 e. The molecule has 8 heteroatoms. The average molecular weight is 360 g/mol. The van der Waals surface area contributed by atoms with Crippen LogP contribution in [0.25, 0.3) is 0 Å². The molecule has 1 aliphatic heterocycles. The normalized spacial score (nSPS) is 15.3. The SMILES string of the molecule is COC(=O)c1ccc2c(c1)C(=O)N(c1c(C)cccc1C)S(=O)(=O)N2. The maximum absolute atomic E-state index is 13.0. The van der Waals surface area contributed by atoms with Gasteiger partial charge in [0.05, 0.1) is 29.6 Å². The molecule has 7 nitrogen and oxygen atoms in total. The summed E-state index contributed by atoms with van der Waals surface area (Å²) in [7, 11) is -2.87. The predicted octanol–water partition coefficient (Wildman–Crippen LogP) is 2.41. The Labute approximate surface area is 145 Å². The molecular formula is C17H16N2O5S. The molecule has 0 radical (unpaired) electrons. The number of carbonyl (C=O) groups excluding carboxylic acids is 2. The van der Waals surface area contributed by atoms with E-state index in [-0.39, 0.29) is 16.8 Å². The number of aryl methyl sites for hydroxylation is 2. The molecule has 0 aromatic heterocycles. The molecule has 0 atom stereocenters. The molecule has 130 valence electrons. The van der Waals surface area contributed by atoms with Crippen LogP contribution in [-0.4, -0.2) is 27.4 Å². The van der Waals surface area contributed by atoms with Crippen molar-refractivity contribution in [2.24, 2.45) is 0 Å². The van der Waals surface area contributed by atoms with Crippen LogP contribution in [0.1, 0.15) is 31.8 Å². The molecular weight excluding hydrogens is 344 g/mol. The largest absolute Gasteiger partial charge is 0.465 e. The molecule has 1 N–H and O–H groups in total. The van der Waals surface area contributed by atoms with E-state index >= 15 is 0 Å². The number of esters is 1. The van der Waals surface area contributed by atoms with Gasteiger partial charge >= 0.3 is 16.2 Å². The maximum atomic E-state index is 13.0. The van der Waals surface area contributed by atoms with Crippen LogP contribution in [-0.2, 0) is 14.9 Å². The molecule has 1 amide bonds. The summed E-state index contributed by atoms with van der Waals surface area (Å²) in [6.45, 7) is 3.46. The molecule has 0 fully saturated rings. The van der Waals surface area contributed by atoms with Gasteiger partial charge < -0.3 is 4.74 Å². The smallest absolute Gasteiger partial charge is 0.337 e. The molecule has 0 unspecified atom stereocenters. The summed E-state index contributed by atoms with van der Waals surface area (Å²) < 4.78 is 33.0. The quantitative estimate of drug-likeness (QED) is 0.830. The van der Waals surface area contributed by atoms with E-state index in [9.17, 15) is 18.0 Å². The number of methoxy groups -OCH3 is 1. The molecule has 1 heterocycles. The molecule has 0 bridgehead atoms. The summed E-state index contributed by atoms with van der Waals surface area (Å²) in [5.41, 5.74) is 1.96. The predicted molar refractivity (Wildman–Crippen MR) is 93.0 cm³/mol. The molecule has 0 spiro atoms. The molecule has 2 aromatic rings.